The number of imide groups is 1. The molecule has 0 unspecified atom stereocenters. The van der Waals surface area contributed by atoms with Gasteiger partial charge in [0, 0.05) is 0 Å². The average molecular weight is 435 g/mol. The molecule has 1 aliphatic heterocycles. The second-order valence-corrected chi connectivity index (χ2v) is 6.25. The van der Waals surface area contributed by atoms with Crippen LogP contribution >= 0.6 is 34.4 Å². The van der Waals surface area contributed by atoms with Crippen LogP contribution < -0.4 is 14.8 Å². The molecule has 7 nitrogen and oxygen atoms in total. The van der Waals surface area contributed by atoms with Gasteiger partial charge in [0.15, 0.2) is 18.1 Å². The van der Waals surface area contributed by atoms with Gasteiger partial charge in [-0.2, -0.15) is 0 Å². The van der Waals surface area contributed by atoms with Crippen LogP contribution in [0.5, 0.6) is 11.5 Å². The molecule has 0 aromatic heterocycles. The van der Waals surface area contributed by atoms with Crippen molar-refractivity contribution in [3.8, 4) is 11.5 Å². The molecule has 0 aliphatic carbocycles. The third-order valence-electron chi connectivity index (χ3n) is 2.53. The number of rotatable bonds is 5. The van der Waals surface area contributed by atoms with Gasteiger partial charge in [-0.3, -0.25) is 14.9 Å². The van der Waals surface area contributed by atoms with E-state index in [1.54, 1.807) is 18.2 Å². The van der Waals surface area contributed by atoms with E-state index < -0.39 is 23.7 Å². The van der Waals surface area contributed by atoms with Crippen LogP contribution in [0.2, 0.25) is 0 Å². The molecule has 1 aromatic rings. The molecule has 2 rings (SSSR count). The molecule has 2 amide bonds. The van der Waals surface area contributed by atoms with Crippen LogP contribution in [0, 0.1) is 3.57 Å². The number of carboxylic acids is 1. The number of benzene rings is 1. The highest BCUT2D eigenvalue weighted by atomic mass is 127. The zero-order chi connectivity index (χ0) is 16.3. The first kappa shape index (κ1) is 16.6. The summed E-state index contributed by atoms with van der Waals surface area (Å²) >= 11 is 2.79. The van der Waals surface area contributed by atoms with Crippen molar-refractivity contribution in [2.24, 2.45) is 0 Å². The van der Waals surface area contributed by atoms with Gasteiger partial charge in [0.1, 0.15) is 0 Å². The monoisotopic (exact) mass is 435 g/mol. The number of hydrogen-bond acceptors (Lipinski definition) is 6. The Hall–Kier alpha value is -1.75. The SMILES string of the molecule is COc1cc(/C=C2\SC(=O)NC2=O)cc(I)c1OCC(=O)O. The molecule has 2 N–H and O–H groups in total. The lowest BCUT2D eigenvalue weighted by Crippen LogP contribution is -2.17. The second kappa shape index (κ2) is 7.01. The molecule has 1 aromatic carbocycles. The van der Waals surface area contributed by atoms with Gasteiger partial charge in [0.25, 0.3) is 11.1 Å². The van der Waals surface area contributed by atoms with Crippen molar-refractivity contribution in [3.05, 3.63) is 26.2 Å². The van der Waals surface area contributed by atoms with Gasteiger partial charge in [-0.15, -0.1) is 0 Å². The minimum atomic E-state index is -1.10. The van der Waals surface area contributed by atoms with Gasteiger partial charge in [-0.05, 0) is 58.1 Å². The van der Waals surface area contributed by atoms with E-state index in [1.165, 1.54) is 7.11 Å². The number of methoxy groups -OCH3 is 1. The minimum Gasteiger partial charge on any atom is -0.493 e. The van der Waals surface area contributed by atoms with Crippen LogP contribution in [0.1, 0.15) is 5.56 Å². The van der Waals surface area contributed by atoms with E-state index in [0.29, 0.717) is 20.6 Å². The lowest BCUT2D eigenvalue weighted by molar-refractivity contribution is -0.139. The predicted octanol–water partition coefficient (Wildman–Crippen LogP) is 2.09. The van der Waals surface area contributed by atoms with Crippen molar-refractivity contribution in [2.75, 3.05) is 13.7 Å². The van der Waals surface area contributed by atoms with Crippen LogP contribution in [-0.2, 0) is 9.59 Å². The Labute approximate surface area is 143 Å². The second-order valence-electron chi connectivity index (χ2n) is 4.07. The molecule has 0 bridgehead atoms. The summed E-state index contributed by atoms with van der Waals surface area (Å²) in [5.41, 5.74) is 0.635. The predicted molar refractivity (Wildman–Crippen MR) is 87.9 cm³/mol. The number of hydrogen-bond donors (Lipinski definition) is 2. The summed E-state index contributed by atoms with van der Waals surface area (Å²) < 4.78 is 11.0. The Bertz CT molecular complexity index is 687. The molecular weight excluding hydrogens is 425 g/mol. The fourth-order valence-electron chi connectivity index (χ4n) is 1.67. The molecule has 22 heavy (non-hydrogen) atoms. The highest BCUT2D eigenvalue weighted by molar-refractivity contribution is 14.1. The number of nitrogens with one attached hydrogen (secondary N) is 1. The molecule has 1 saturated heterocycles. The Morgan fingerprint density at radius 3 is 2.73 bits per heavy atom. The number of amides is 2. The largest absolute Gasteiger partial charge is 0.493 e. The molecule has 0 saturated carbocycles. The summed E-state index contributed by atoms with van der Waals surface area (Å²) in [6.45, 7) is -0.487. The standard InChI is InChI=1S/C13H10INO6S/c1-20-8-3-6(4-9-12(18)15-13(19)22-9)2-7(14)11(8)21-5-10(16)17/h2-4H,5H2,1H3,(H,16,17)(H,15,18,19)/b9-4-. The number of carboxylic acid groups (broad SMARTS) is 1. The molecule has 0 spiro atoms. The Kier molecular flexibility index (Phi) is 5.29. The van der Waals surface area contributed by atoms with Crippen LogP contribution in [-0.4, -0.2) is 35.9 Å². The van der Waals surface area contributed by atoms with Crippen molar-refractivity contribution in [2.45, 2.75) is 0 Å². The van der Waals surface area contributed by atoms with E-state index in [9.17, 15) is 14.4 Å². The first-order valence-electron chi connectivity index (χ1n) is 5.87. The van der Waals surface area contributed by atoms with E-state index in [2.05, 4.69) is 5.32 Å². The molecular formula is C13H10INO6S. The van der Waals surface area contributed by atoms with E-state index >= 15 is 0 Å². The summed E-state index contributed by atoms with van der Waals surface area (Å²) in [6.07, 6.45) is 1.55. The van der Waals surface area contributed by atoms with Gasteiger partial charge >= 0.3 is 5.97 Å². The van der Waals surface area contributed by atoms with Crippen LogP contribution in [0.3, 0.4) is 0 Å². The summed E-state index contributed by atoms with van der Waals surface area (Å²) in [5.74, 6) is -0.890. The number of carbonyl (C=O) groups is 3. The van der Waals surface area contributed by atoms with E-state index in [1.807, 2.05) is 22.6 Å². The zero-order valence-corrected chi connectivity index (χ0v) is 14.2. The van der Waals surface area contributed by atoms with Crippen molar-refractivity contribution in [1.82, 2.24) is 5.32 Å². The van der Waals surface area contributed by atoms with E-state index in [0.717, 1.165) is 11.8 Å². The van der Waals surface area contributed by atoms with Crippen molar-refractivity contribution in [1.29, 1.82) is 0 Å². The minimum absolute atomic E-state index is 0.280. The molecule has 0 radical (unpaired) electrons. The number of ether oxygens (including phenoxy) is 2. The highest BCUT2D eigenvalue weighted by Crippen LogP contribution is 2.35. The van der Waals surface area contributed by atoms with E-state index in [4.69, 9.17) is 14.6 Å². The van der Waals surface area contributed by atoms with Crippen LogP contribution in [0.15, 0.2) is 17.0 Å². The average Bonchev–Trinajstić information content (AvgIpc) is 2.74. The highest BCUT2D eigenvalue weighted by Gasteiger charge is 2.25. The fraction of sp³-hybridized carbons (Fsp3) is 0.154. The Morgan fingerprint density at radius 2 is 2.18 bits per heavy atom. The first-order valence-corrected chi connectivity index (χ1v) is 7.77. The molecule has 1 fully saturated rings. The molecule has 116 valence electrons. The number of thioether (sulfide) groups is 1. The summed E-state index contributed by atoms with van der Waals surface area (Å²) in [6, 6.07) is 3.30. The van der Waals surface area contributed by atoms with Gasteiger partial charge in [0.2, 0.25) is 0 Å². The van der Waals surface area contributed by atoms with Gasteiger partial charge in [-0.1, -0.05) is 0 Å². The lowest BCUT2D eigenvalue weighted by atomic mass is 10.2. The topological polar surface area (TPSA) is 102 Å². The summed E-state index contributed by atoms with van der Waals surface area (Å²) in [5, 5.41) is 10.4. The van der Waals surface area contributed by atoms with Crippen LogP contribution in [0.4, 0.5) is 4.79 Å². The normalized spacial score (nSPS) is 15.8. The maximum atomic E-state index is 11.5. The molecule has 1 aliphatic rings. The number of halogens is 1. The third-order valence-corrected chi connectivity index (χ3v) is 4.14. The van der Waals surface area contributed by atoms with Gasteiger partial charge in [-0.25, -0.2) is 4.79 Å². The maximum Gasteiger partial charge on any atom is 0.341 e. The van der Waals surface area contributed by atoms with Crippen molar-refractivity contribution >= 4 is 57.5 Å². The number of carbonyl (C=O) groups excluding carboxylic acids is 2. The van der Waals surface area contributed by atoms with Crippen LogP contribution in [0.25, 0.3) is 6.08 Å². The van der Waals surface area contributed by atoms with Crippen molar-refractivity contribution in [3.63, 3.8) is 0 Å². The fourth-order valence-corrected chi connectivity index (χ4v) is 3.13. The summed E-state index contributed by atoms with van der Waals surface area (Å²) in [7, 11) is 1.43. The first-order chi connectivity index (χ1) is 10.4. The zero-order valence-electron chi connectivity index (χ0n) is 11.2. The molecule has 0 atom stereocenters. The Balaban J connectivity index is 2.33. The number of aliphatic carboxylic acids is 1. The quantitative estimate of drug-likeness (QED) is 0.540. The van der Waals surface area contributed by atoms with Gasteiger partial charge in [0.05, 0.1) is 15.6 Å². The lowest BCUT2D eigenvalue weighted by Gasteiger charge is -2.12. The third kappa shape index (κ3) is 3.91. The molecule has 9 heteroatoms. The molecule has 1 heterocycles. The Morgan fingerprint density at radius 1 is 1.45 bits per heavy atom. The van der Waals surface area contributed by atoms with Gasteiger partial charge < -0.3 is 14.6 Å². The van der Waals surface area contributed by atoms with E-state index in [-0.39, 0.29) is 4.91 Å². The summed E-state index contributed by atoms with van der Waals surface area (Å²) in [4.78, 5) is 33.5. The smallest absolute Gasteiger partial charge is 0.341 e. The van der Waals surface area contributed by atoms with Crippen molar-refractivity contribution < 1.29 is 29.0 Å². The maximum absolute atomic E-state index is 11.5.